The van der Waals surface area contributed by atoms with Gasteiger partial charge in [-0.3, -0.25) is 9.78 Å². The fourth-order valence-electron chi connectivity index (χ4n) is 3.36. The van der Waals surface area contributed by atoms with Crippen molar-refractivity contribution in [1.29, 1.82) is 0 Å². The van der Waals surface area contributed by atoms with Crippen LogP contribution in [0.2, 0.25) is 0 Å². The van der Waals surface area contributed by atoms with Gasteiger partial charge in [-0.1, -0.05) is 30.3 Å². The molecule has 4 rings (SSSR count). The van der Waals surface area contributed by atoms with Gasteiger partial charge in [0.25, 0.3) is 11.9 Å². The summed E-state index contributed by atoms with van der Waals surface area (Å²) in [5, 5.41) is 6.26. The predicted molar refractivity (Wildman–Crippen MR) is 134 cm³/mol. The van der Waals surface area contributed by atoms with E-state index in [0.717, 1.165) is 18.7 Å². The van der Waals surface area contributed by atoms with E-state index >= 15 is 0 Å². The molecule has 2 aromatic heterocycles. The number of ether oxygens (including phenoxy) is 1. The van der Waals surface area contributed by atoms with Crippen LogP contribution in [0.5, 0.6) is 5.75 Å². The van der Waals surface area contributed by atoms with Crippen molar-refractivity contribution >= 4 is 49.1 Å². The van der Waals surface area contributed by atoms with Gasteiger partial charge < -0.3 is 24.7 Å². The standard InChI is InChI=1S/C22H25N5O3.3ClH/c1-16-20(21(28)25-12-17-6-3-2-4-7-17)30-22(26-16)27-11-10-24-13-18(27)15-29-19-8-5-9-23-14-19;;;/h2-9,14,18,24H,10-13,15H2,1H3,(H,25,28);3*1H. The fourth-order valence-corrected chi connectivity index (χ4v) is 3.36. The highest BCUT2D eigenvalue weighted by atomic mass is 35.5. The van der Waals surface area contributed by atoms with E-state index in [1.165, 1.54) is 0 Å². The van der Waals surface area contributed by atoms with Crippen LogP contribution in [0.3, 0.4) is 0 Å². The smallest absolute Gasteiger partial charge is 0.298 e. The zero-order valence-electron chi connectivity index (χ0n) is 18.1. The summed E-state index contributed by atoms with van der Waals surface area (Å²) in [4.78, 5) is 23.3. The number of pyridine rings is 1. The first-order valence-corrected chi connectivity index (χ1v) is 10.0. The van der Waals surface area contributed by atoms with Crippen molar-refractivity contribution in [3.63, 3.8) is 0 Å². The van der Waals surface area contributed by atoms with Gasteiger partial charge in [-0.2, -0.15) is 4.98 Å². The molecule has 0 radical (unpaired) electrons. The molecule has 1 unspecified atom stereocenters. The molecule has 3 aromatic rings. The number of oxazole rings is 1. The van der Waals surface area contributed by atoms with Crippen LogP contribution < -0.4 is 20.3 Å². The number of aryl methyl sites for hydroxylation is 1. The van der Waals surface area contributed by atoms with Crippen molar-refractivity contribution in [3.8, 4) is 5.75 Å². The number of amides is 1. The summed E-state index contributed by atoms with van der Waals surface area (Å²) in [6, 6.07) is 13.9. The first-order chi connectivity index (χ1) is 14.7. The molecule has 0 spiro atoms. The number of hydrogen-bond donors (Lipinski definition) is 2. The summed E-state index contributed by atoms with van der Waals surface area (Å²) in [6.45, 7) is 4.93. The molecule has 1 aromatic carbocycles. The number of carbonyl (C=O) groups is 1. The minimum absolute atomic E-state index is 0. The number of aromatic nitrogens is 2. The van der Waals surface area contributed by atoms with Gasteiger partial charge in [0.15, 0.2) is 0 Å². The van der Waals surface area contributed by atoms with E-state index in [-0.39, 0.29) is 54.9 Å². The normalized spacial score (nSPS) is 14.8. The van der Waals surface area contributed by atoms with Crippen LogP contribution in [0.4, 0.5) is 6.01 Å². The second kappa shape index (κ2) is 13.9. The van der Waals surface area contributed by atoms with Gasteiger partial charge in [-0.15, -0.1) is 37.2 Å². The van der Waals surface area contributed by atoms with E-state index in [2.05, 4.69) is 20.6 Å². The Morgan fingerprint density at radius 1 is 1.21 bits per heavy atom. The molecule has 0 saturated carbocycles. The highest BCUT2D eigenvalue weighted by Crippen LogP contribution is 2.22. The van der Waals surface area contributed by atoms with Gasteiger partial charge >= 0.3 is 0 Å². The average molecular weight is 517 g/mol. The van der Waals surface area contributed by atoms with Crippen molar-refractivity contribution in [2.24, 2.45) is 0 Å². The van der Waals surface area contributed by atoms with Crippen molar-refractivity contribution in [2.45, 2.75) is 19.5 Å². The number of nitrogens with one attached hydrogen (secondary N) is 2. The molecule has 1 amide bonds. The maximum absolute atomic E-state index is 12.6. The first kappa shape index (κ1) is 28.5. The molecule has 0 bridgehead atoms. The molecule has 1 saturated heterocycles. The van der Waals surface area contributed by atoms with Crippen molar-refractivity contribution in [1.82, 2.24) is 20.6 Å². The number of nitrogens with zero attached hydrogens (tertiary/aromatic N) is 3. The maximum atomic E-state index is 12.6. The summed E-state index contributed by atoms with van der Waals surface area (Å²) in [7, 11) is 0. The molecule has 180 valence electrons. The number of rotatable bonds is 7. The first-order valence-electron chi connectivity index (χ1n) is 10.0. The molecule has 1 aliphatic heterocycles. The molecule has 1 aliphatic rings. The third-order valence-corrected chi connectivity index (χ3v) is 4.96. The van der Waals surface area contributed by atoms with E-state index in [1.807, 2.05) is 47.4 Å². The fraction of sp³-hybridized carbons (Fsp3) is 0.318. The Morgan fingerprint density at radius 2 is 2.00 bits per heavy atom. The zero-order chi connectivity index (χ0) is 20.8. The summed E-state index contributed by atoms with van der Waals surface area (Å²) >= 11 is 0. The molecular formula is C22H28Cl3N5O3. The molecule has 3 heterocycles. The number of carbonyl (C=O) groups excluding carboxylic acids is 1. The lowest BCUT2D eigenvalue weighted by molar-refractivity contribution is 0.0922. The Morgan fingerprint density at radius 3 is 2.73 bits per heavy atom. The van der Waals surface area contributed by atoms with E-state index in [1.54, 1.807) is 19.3 Å². The van der Waals surface area contributed by atoms with Gasteiger partial charge in [0.05, 0.1) is 17.9 Å². The van der Waals surface area contributed by atoms with Crippen LogP contribution in [0.15, 0.2) is 59.3 Å². The Hall–Kier alpha value is -2.52. The summed E-state index contributed by atoms with van der Waals surface area (Å²) in [6.07, 6.45) is 3.40. The van der Waals surface area contributed by atoms with Gasteiger partial charge in [0, 0.05) is 32.4 Å². The van der Waals surface area contributed by atoms with E-state index in [0.29, 0.717) is 37.2 Å². The Labute approximate surface area is 211 Å². The molecule has 1 fully saturated rings. The molecule has 2 N–H and O–H groups in total. The highest BCUT2D eigenvalue weighted by molar-refractivity contribution is 5.92. The second-order valence-corrected chi connectivity index (χ2v) is 7.13. The summed E-state index contributed by atoms with van der Waals surface area (Å²) in [5.41, 5.74) is 1.60. The van der Waals surface area contributed by atoms with Gasteiger partial charge in [-0.05, 0) is 24.6 Å². The predicted octanol–water partition coefficient (Wildman–Crippen LogP) is 3.43. The second-order valence-electron chi connectivity index (χ2n) is 7.13. The quantitative estimate of drug-likeness (QED) is 0.497. The van der Waals surface area contributed by atoms with Crippen LogP contribution in [0, 0.1) is 6.92 Å². The number of anilines is 1. The molecule has 8 nitrogen and oxygen atoms in total. The summed E-state index contributed by atoms with van der Waals surface area (Å²) < 4.78 is 11.8. The van der Waals surface area contributed by atoms with Crippen LogP contribution in [-0.2, 0) is 6.54 Å². The zero-order valence-corrected chi connectivity index (χ0v) is 20.5. The lowest BCUT2D eigenvalue weighted by atomic mass is 10.2. The number of hydrogen-bond acceptors (Lipinski definition) is 7. The molecule has 11 heteroatoms. The largest absolute Gasteiger partial charge is 0.490 e. The topological polar surface area (TPSA) is 92.5 Å². The molecule has 0 aliphatic carbocycles. The minimum Gasteiger partial charge on any atom is -0.490 e. The lowest BCUT2D eigenvalue weighted by Crippen LogP contribution is -2.54. The third-order valence-electron chi connectivity index (χ3n) is 4.96. The van der Waals surface area contributed by atoms with Crippen molar-refractivity contribution in [2.75, 3.05) is 31.1 Å². The van der Waals surface area contributed by atoms with Gasteiger partial charge in [0.2, 0.25) is 5.76 Å². The monoisotopic (exact) mass is 515 g/mol. The van der Waals surface area contributed by atoms with Gasteiger partial charge in [-0.25, -0.2) is 0 Å². The average Bonchev–Trinajstić information content (AvgIpc) is 3.19. The van der Waals surface area contributed by atoms with Crippen LogP contribution in [-0.4, -0.2) is 48.2 Å². The van der Waals surface area contributed by atoms with E-state index in [4.69, 9.17) is 9.15 Å². The lowest BCUT2D eigenvalue weighted by Gasteiger charge is -2.34. The number of halogens is 3. The Kier molecular flexibility index (Phi) is 12.0. The Balaban J connectivity index is 0.00000181. The van der Waals surface area contributed by atoms with E-state index < -0.39 is 0 Å². The number of piperazine rings is 1. The van der Waals surface area contributed by atoms with Crippen molar-refractivity contribution in [3.05, 3.63) is 71.9 Å². The Bertz CT molecular complexity index is 976. The van der Waals surface area contributed by atoms with Crippen LogP contribution >= 0.6 is 37.2 Å². The highest BCUT2D eigenvalue weighted by Gasteiger charge is 2.29. The van der Waals surface area contributed by atoms with Crippen LogP contribution in [0.1, 0.15) is 21.8 Å². The van der Waals surface area contributed by atoms with Crippen molar-refractivity contribution < 1.29 is 13.9 Å². The maximum Gasteiger partial charge on any atom is 0.298 e. The molecular weight excluding hydrogens is 489 g/mol. The van der Waals surface area contributed by atoms with E-state index in [9.17, 15) is 4.79 Å². The molecule has 1 atom stereocenters. The SMILES string of the molecule is Cc1nc(N2CCNCC2COc2cccnc2)oc1C(=O)NCc1ccccc1.Cl.Cl.Cl. The van der Waals surface area contributed by atoms with Gasteiger partial charge in [0.1, 0.15) is 12.4 Å². The molecule has 33 heavy (non-hydrogen) atoms. The van der Waals surface area contributed by atoms with Crippen LogP contribution in [0.25, 0.3) is 0 Å². The summed E-state index contributed by atoms with van der Waals surface area (Å²) in [5.74, 6) is 0.687. The number of benzene rings is 1. The minimum atomic E-state index is -0.270. The third kappa shape index (κ3) is 7.50.